The predicted molar refractivity (Wildman–Crippen MR) is 93.0 cm³/mol. The standard InChI is InChI=1S/C16H11ClF3NO5S/c1-24-10-7-11(25-2)15(26-27(22,23)16(18,19)20)12-13(17)8-5-3-4-6-9(8)21-14(10)12/h3-7H,1-2H3. The number of nitrogens with zero attached hydrogens (tertiary/aromatic N) is 1. The molecule has 0 aliphatic rings. The first kappa shape index (κ1) is 19.3. The van der Waals surface area contributed by atoms with Crippen molar-refractivity contribution in [1.82, 2.24) is 4.98 Å². The van der Waals surface area contributed by atoms with Gasteiger partial charge in [-0.15, -0.1) is 0 Å². The molecule has 0 amide bonds. The van der Waals surface area contributed by atoms with E-state index in [2.05, 4.69) is 9.17 Å². The second-order valence-corrected chi connectivity index (χ2v) is 7.18. The van der Waals surface area contributed by atoms with E-state index in [0.29, 0.717) is 10.9 Å². The molecule has 0 saturated carbocycles. The van der Waals surface area contributed by atoms with Gasteiger partial charge in [-0.3, -0.25) is 0 Å². The molecule has 0 fully saturated rings. The lowest BCUT2D eigenvalue weighted by Crippen LogP contribution is -2.28. The molecule has 3 aromatic rings. The molecule has 0 N–H and O–H groups in total. The van der Waals surface area contributed by atoms with Crippen molar-refractivity contribution in [3.8, 4) is 17.2 Å². The van der Waals surface area contributed by atoms with Crippen LogP contribution in [0.15, 0.2) is 30.3 Å². The number of para-hydroxylation sites is 1. The molecule has 0 saturated heterocycles. The van der Waals surface area contributed by atoms with Gasteiger partial charge in [-0.1, -0.05) is 29.8 Å². The van der Waals surface area contributed by atoms with Gasteiger partial charge in [0, 0.05) is 11.5 Å². The minimum atomic E-state index is -5.97. The van der Waals surface area contributed by atoms with Crippen LogP contribution in [-0.4, -0.2) is 33.1 Å². The third-order valence-corrected chi connectivity index (χ3v) is 5.04. The van der Waals surface area contributed by atoms with E-state index in [1.807, 2.05) is 0 Å². The number of hydrogen-bond donors (Lipinski definition) is 0. The average Bonchev–Trinajstić information content (AvgIpc) is 2.60. The number of aromatic nitrogens is 1. The summed E-state index contributed by atoms with van der Waals surface area (Å²) in [4.78, 5) is 4.32. The van der Waals surface area contributed by atoms with Crippen LogP contribution in [-0.2, 0) is 10.1 Å². The first-order valence-corrected chi connectivity index (χ1v) is 9.03. The zero-order valence-corrected chi connectivity index (χ0v) is 15.4. The molecule has 0 spiro atoms. The maximum Gasteiger partial charge on any atom is 0.534 e. The molecule has 3 rings (SSSR count). The number of methoxy groups -OCH3 is 2. The fraction of sp³-hybridized carbons (Fsp3) is 0.188. The maximum atomic E-state index is 12.8. The van der Waals surface area contributed by atoms with E-state index in [-0.39, 0.29) is 27.4 Å². The summed E-state index contributed by atoms with van der Waals surface area (Å²) in [7, 11) is -3.53. The van der Waals surface area contributed by atoms with E-state index in [4.69, 9.17) is 21.1 Å². The Morgan fingerprint density at radius 1 is 1.07 bits per heavy atom. The van der Waals surface area contributed by atoms with E-state index < -0.39 is 21.4 Å². The van der Waals surface area contributed by atoms with E-state index in [1.54, 1.807) is 24.3 Å². The fourth-order valence-corrected chi connectivity index (χ4v) is 3.29. The number of rotatable bonds is 4. The minimum absolute atomic E-state index is 0.0226. The minimum Gasteiger partial charge on any atom is -0.494 e. The number of hydrogen-bond acceptors (Lipinski definition) is 6. The number of pyridine rings is 1. The van der Waals surface area contributed by atoms with E-state index in [1.165, 1.54) is 13.2 Å². The molecule has 0 aliphatic carbocycles. The van der Waals surface area contributed by atoms with Gasteiger partial charge in [0.05, 0.1) is 30.1 Å². The fourth-order valence-electron chi connectivity index (χ4n) is 2.48. The predicted octanol–water partition coefficient (Wildman–Crippen LogP) is 4.29. The highest BCUT2D eigenvalue weighted by atomic mass is 35.5. The lowest BCUT2D eigenvalue weighted by molar-refractivity contribution is -0.0500. The molecular weight excluding hydrogens is 411 g/mol. The topological polar surface area (TPSA) is 74.7 Å². The highest BCUT2D eigenvalue weighted by molar-refractivity contribution is 7.88. The molecule has 0 radical (unpaired) electrons. The summed E-state index contributed by atoms with van der Waals surface area (Å²) in [5.74, 6) is -0.925. The Balaban J connectivity index is 2.46. The van der Waals surface area contributed by atoms with Crippen LogP contribution in [0.25, 0.3) is 21.8 Å². The molecule has 2 aromatic carbocycles. The molecule has 0 aliphatic heterocycles. The van der Waals surface area contributed by atoms with Crippen molar-refractivity contribution < 1.29 is 35.2 Å². The summed E-state index contributed by atoms with van der Waals surface area (Å²) in [6.07, 6.45) is 0. The lowest BCUT2D eigenvalue weighted by atomic mass is 10.1. The molecule has 144 valence electrons. The third-order valence-electron chi connectivity index (χ3n) is 3.69. The van der Waals surface area contributed by atoms with Gasteiger partial charge in [-0.25, -0.2) is 4.98 Å². The van der Waals surface area contributed by atoms with Crippen LogP contribution >= 0.6 is 11.6 Å². The number of halogens is 4. The Morgan fingerprint density at radius 3 is 2.30 bits per heavy atom. The number of alkyl halides is 3. The lowest BCUT2D eigenvalue weighted by Gasteiger charge is -2.17. The van der Waals surface area contributed by atoms with Crippen molar-refractivity contribution in [3.63, 3.8) is 0 Å². The molecule has 27 heavy (non-hydrogen) atoms. The highest BCUT2D eigenvalue weighted by Gasteiger charge is 2.49. The van der Waals surface area contributed by atoms with Crippen molar-refractivity contribution in [2.45, 2.75) is 5.51 Å². The Kier molecular flexibility index (Phi) is 4.73. The molecule has 11 heteroatoms. The summed E-state index contributed by atoms with van der Waals surface area (Å²) in [5.41, 5.74) is -5.18. The second kappa shape index (κ2) is 6.61. The van der Waals surface area contributed by atoms with Crippen molar-refractivity contribution in [2.75, 3.05) is 14.2 Å². The molecular formula is C16H11ClF3NO5S. The van der Waals surface area contributed by atoms with Gasteiger partial charge in [0.25, 0.3) is 0 Å². The van der Waals surface area contributed by atoms with Crippen molar-refractivity contribution in [3.05, 3.63) is 35.4 Å². The van der Waals surface area contributed by atoms with Crippen LogP contribution in [0, 0.1) is 0 Å². The number of benzene rings is 2. The first-order chi connectivity index (χ1) is 12.6. The summed E-state index contributed by atoms with van der Waals surface area (Å²) >= 11 is 6.37. The van der Waals surface area contributed by atoms with Crippen LogP contribution in [0.1, 0.15) is 0 Å². The molecule has 1 aromatic heterocycles. The van der Waals surface area contributed by atoms with Gasteiger partial charge in [0.1, 0.15) is 11.3 Å². The van der Waals surface area contributed by atoms with Crippen LogP contribution in [0.2, 0.25) is 5.02 Å². The van der Waals surface area contributed by atoms with Crippen LogP contribution < -0.4 is 13.7 Å². The Labute approximate surface area is 156 Å². The summed E-state index contributed by atoms with van der Waals surface area (Å²) < 4.78 is 76.2. The summed E-state index contributed by atoms with van der Waals surface area (Å²) in [6.45, 7) is 0. The van der Waals surface area contributed by atoms with Gasteiger partial charge in [-0.2, -0.15) is 21.6 Å². The Morgan fingerprint density at radius 2 is 1.70 bits per heavy atom. The Hall–Kier alpha value is -2.46. The zero-order chi connectivity index (χ0) is 20.0. The molecule has 0 unspecified atom stereocenters. The first-order valence-electron chi connectivity index (χ1n) is 7.24. The quantitative estimate of drug-likeness (QED) is 0.355. The highest BCUT2D eigenvalue weighted by Crippen LogP contribution is 2.47. The second-order valence-electron chi connectivity index (χ2n) is 5.26. The smallest absolute Gasteiger partial charge is 0.494 e. The van der Waals surface area contributed by atoms with Crippen LogP contribution in [0.5, 0.6) is 17.2 Å². The molecule has 1 heterocycles. The molecule has 0 bridgehead atoms. The van der Waals surface area contributed by atoms with E-state index in [9.17, 15) is 21.6 Å². The summed E-state index contributed by atoms with van der Waals surface area (Å²) in [5, 5.41) is 0.149. The van der Waals surface area contributed by atoms with Gasteiger partial charge in [-0.05, 0) is 6.07 Å². The van der Waals surface area contributed by atoms with E-state index >= 15 is 0 Å². The zero-order valence-electron chi connectivity index (χ0n) is 13.8. The Bertz CT molecular complexity index is 1150. The van der Waals surface area contributed by atoms with Crippen LogP contribution in [0.4, 0.5) is 13.2 Å². The van der Waals surface area contributed by atoms with Gasteiger partial charge >= 0.3 is 15.6 Å². The van der Waals surface area contributed by atoms with Crippen molar-refractivity contribution in [2.24, 2.45) is 0 Å². The number of fused-ring (bicyclic) bond motifs is 2. The largest absolute Gasteiger partial charge is 0.534 e. The van der Waals surface area contributed by atoms with Gasteiger partial charge < -0.3 is 13.7 Å². The van der Waals surface area contributed by atoms with Crippen LogP contribution in [0.3, 0.4) is 0 Å². The van der Waals surface area contributed by atoms with Gasteiger partial charge in [0.2, 0.25) is 0 Å². The monoisotopic (exact) mass is 421 g/mol. The van der Waals surface area contributed by atoms with E-state index in [0.717, 1.165) is 7.11 Å². The van der Waals surface area contributed by atoms with Crippen molar-refractivity contribution in [1.29, 1.82) is 0 Å². The maximum absolute atomic E-state index is 12.8. The molecule has 6 nitrogen and oxygen atoms in total. The van der Waals surface area contributed by atoms with Gasteiger partial charge in [0.15, 0.2) is 11.5 Å². The average molecular weight is 422 g/mol. The SMILES string of the molecule is COc1cc(OC)c2nc3ccccc3c(Cl)c2c1OS(=O)(=O)C(F)(F)F. The third kappa shape index (κ3) is 3.19. The summed E-state index contributed by atoms with van der Waals surface area (Å²) in [6, 6.07) is 7.72. The molecule has 0 atom stereocenters. The number of ether oxygens (including phenoxy) is 2. The normalized spacial score (nSPS) is 12.4. The van der Waals surface area contributed by atoms with Crippen molar-refractivity contribution >= 4 is 43.5 Å².